The fourth-order valence-electron chi connectivity index (χ4n) is 4.01. The minimum atomic E-state index is -3.38. The van der Waals surface area contributed by atoms with Crippen molar-refractivity contribution in [3.8, 4) is 5.75 Å². The molecule has 0 aromatic heterocycles. The molecule has 0 radical (unpaired) electrons. The Balaban J connectivity index is 2.20. The van der Waals surface area contributed by atoms with Crippen LogP contribution in [0, 0.1) is 0 Å². The van der Waals surface area contributed by atoms with Gasteiger partial charge < -0.3 is 14.7 Å². The van der Waals surface area contributed by atoms with Gasteiger partial charge in [-0.1, -0.05) is 44.9 Å². The maximum absolute atomic E-state index is 11.4. The number of unbranched alkanes of at least 4 members (excludes halogenated alkanes) is 1. The summed E-state index contributed by atoms with van der Waals surface area (Å²) < 4.78 is 31.5. The average molecular weight is 493 g/mol. The van der Waals surface area contributed by atoms with Gasteiger partial charge in [0.2, 0.25) is 0 Å². The van der Waals surface area contributed by atoms with E-state index in [-0.39, 0.29) is 0 Å². The van der Waals surface area contributed by atoms with E-state index < -0.39 is 22.3 Å². The zero-order valence-corrected chi connectivity index (χ0v) is 20.8. The molecule has 33 heavy (non-hydrogen) atoms. The smallest absolute Gasteiger partial charge is 0.331 e. The predicted molar refractivity (Wildman–Crippen MR) is 136 cm³/mol. The number of ether oxygens (including phenoxy) is 1. The molecule has 0 amide bonds. The normalized spacial score (nSPS) is 20.8. The number of carbonyl (C=O) groups is 1. The Kier molecular flexibility index (Phi) is 8.36. The van der Waals surface area contributed by atoms with Gasteiger partial charge in [-0.2, -0.15) is 0 Å². The number of para-hydroxylation sites is 1. The molecule has 0 saturated carbocycles. The number of hydrogen-bond acceptors (Lipinski definition) is 7. The van der Waals surface area contributed by atoms with Crippen LogP contribution >= 0.6 is 22.5 Å². The predicted octanol–water partition coefficient (Wildman–Crippen LogP) is 6.49. The van der Waals surface area contributed by atoms with Gasteiger partial charge in [-0.25, -0.2) is 9.52 Å². The van der Waals surface area contributed by atoms with Crippen molar-refractivity contribution < 1.29 is 23.7 Å². The fraction of sp³-hybridized carbons (Fsp3) is 0.375. The Hall–Kier alpha value is -2.17. The highest BCUT2D eigenvalue weighted by Crippen LogP contribution is 2.57. The van der Waals surface area contributed by atoms with Crippen LogP contribution in [-0.2, 0) is 4.79 Å². The van der Waals surface area contributed by atoms with Crippen LogP contribution in [-0.4, -0.2) is 38.5 Å². The van der Waals surface area contributed by atoms with Crippen molar-refractivity contribution in [3.63, 3.8) is 0 Å². The number of carboxylic acid groups (broad SMARTS) is 1. The number of fused-ring (bicyclic) bond motifs is 1. The summed E-state index contributed by atoms with van der Waals surface area (Å²) in [6.45, 7) is 4.76. The number of aliphatic carboxylic acids is 1. The Morgan fingerprint density at radius 2 is 2.00 bits per heavy atom. The second-order valence-corrected chi connectivity index (χ2v) is 10.6. The van der Waals surface area contributed by atoms with Gasteiger partial charge in [0.15, 0.2) is 0 Å². The molecule has 180 valence electrons. The molecule has 1 aliphatic heterocycles. The van der Waals surface area contributed by atoms with Crippen LogP contribution < -0.4 is 14.4 Å². The van der Waals surface area contributed by atoms with E-state index >= 15 is 0 Å². The first kappa shape index (κ1) is 25.5. The Morgan fingerprint density at radius 3 is 2.61 bits per heavy atom. The first-order chi connectivity index (χ1) is 15.7. The van der Waals surface area contributed by atoms with Crippen LogP contribution in [0.2, 0.25) is 0 Å². The Morgan fingerprint density at radius 1 is 1.27 bits per heavy atom. The molecule has 0 fully saturated rings. The molecule has 7 nitrogen and oxygen atoms in total. The topological polar surface area (TPSA) is 102 Å². The molecule has 0 spiro atoms. The van der Waals surface area contributed by atoms with E-state index in [1.54, 1.807) is 6.07 Å². The lowest BCUT2D eigenvalue weighted by molar-refractivity contribution is -0.131. The second-order valence-electron chi connectivity index (χ2n) is 8.04. The quantitative estimate of drug-likeness (QED) is 0.179. The lowest BCUT2D eigenvalue weighted by Crippen LogP contribution is -2.51. The van der Waals surface area contributed by atoms with E-state index in [9.17, 15) is 13.9 Å². The molecule has 0 aliphatic carbocycles. The molecule has 2 aromatic carbocycles. The zero-order valence-electron chi connectivity index (χ0n) is 19.2. The molecule has 0 saturated heterocycles. The van der Waals surface area contributed by atoms with Crippen molar-refractivity contribution >= 4 is 39.9 Å². The van der Waals surface area contributed by atoms with Crippen molar-refractivity contribution in [3.05, 3.63) is 54.8 Å². The largest absolute Gasteiger partial charge is 0.478 e. The highest BCUT2D eigenvalue weighted by Gasteiger charge is 2.41. The number of nitrogens with one attached hydrogen (secondary N) is 1. The molecule has 1 heterocycles. The van der Waals surface area contributed by atoms with Crippen molar-refractivity contribution in [2.75, 3.05) is 17.7 Å². The molecule has 4 N–H and O–H groups in total. The SMILES string of the molecule is CCCCC1(CC)CN(c2ccccc2)c2cc(SC)c(O/C=C/C(=O)O)cc2S(O)(O)N1. The Labute approximate surface area is 201 Å². The molecule has 1 unspecified atom stereocenters. The molecule has 0 bridgehead atoms. The third-order valence-electron chi connectivity index (χ3n) is 5.82. The van der Waals surface area contributed by atoms with E-state index in [4.69, 9.17) is 9.84 Å². The van der Waals surface area contributed by atoms with Crippen molar-refractivity contribution in [1.82, 2.24) is 4.72 Å². The highest BCUT2D eigenvalue weighted by molar-refractivity contribution is 8.22. The van der Waals surface area contributed by atoms with Crippen LogP contribution in [0.4, 0.5) is 11.4 Å². The van der Waals surface area contributed by atoms with Gasteiger partial charge in [0.1, 0.15) is 10.6 Å². The van der Waals surface area contributed by atoms with Crippen molar-refractivity contribution in [2.24, 2.45) is 0 Å². The van der Waals surface area contributed by atoms with Gasteiger partial charge >= 0.3 is 5.97 Å². The van der Waals surface area contributed by atoms with E-state index in [2.05, 4.69) is 23.5 Å². The molecule has 1 aliphatic rings. The van der Waals surface area contributed by atoms with Gasteiger partial charge in [-0.3, -0.25) is 9.11 Å². The summed E-state index contributed by atoms with van der Waals surface area (Å²) in [5, 5.41) is 8.88. The van der Waals surface area contributed by atoms with E-state index in [1.165, 1.54) is 11.8 Å². The third kappa shape index (κ3) is 5.85. The highest BCUT2D eigenvalue weighted by atomic mass is 32.3. The van der Waals surface area contributed by atoms with Crippen LogP contribution in [0.25, 0.3) is 0 Å². The minimum Gasteiger partial charge on any atom is -0.478 e. The Bertz CT molecular complexity index is 1000. The number of hydrogen-bond donors (Lipinski definition) is 4. The van der Waals surface area contributed by atoms with Crippen LogP contribution in [0.3, 0.4) is 0 Å². The molecule has 3 rings (SSSR count). The van der Waals surface area contributed by atoms with Gasteiger partial charge in [0.05, 0.1) is 28.5 Å². The van der Waals surface area contributed by atoms with Crippen LogP contribution in [0.15, 0.2) is 64.6 Å². The number of nitrogens with zero attached hydrogens (tertiary/aromatic N) is 1. The summed E-state index contributed by atoms with van der Waals surface area (Å²) >= 11 is 1.44. The monoisotopic (exact) mass is 492 g/mol. The average Bonchev–Trinajstić information content (AvgIpc) is 2.90. The van der Waals surface area contributed by atoms with E-state index in [1.807, 2.05) is 42.7 Å². The van der Waals surface area contributed by atoms with Crippen molar-refractivity contribution in [2.45, 2.75) is 54.9 Å². The van der Waals surface area contributed by atoms with E-state index in [0.29, 0.717) is 22.9 Å². The first-order valence-electron chi connectivity index (χ1n) is 10.9. The number of benzene rings is 2. The van der Waals surface area contributed by atoms with Crippen LogP contribution in [0.5, 0.6) is 5.75 Å². The molecule has 9 heteroatoms. The summed E-state index contributed by atoms with van der Waals surface area (Å²) in [6, 6.07) is 13.4. The van der Waals surface area contributed by atoms with Gasteiger partial charge in [0, 0.05) is 18.3 Å². The lowest BCUT2D eigenvalue weighted by Gasteiger charge is -2.42. The molecular weight excluding hydrogens is 460 g/mol. The van der Waals surface area contributed by atoms with Crippen LogP contribution in [0.1, 0.15) is 39.5 Å². The minimum absolute atomic E-state index is 0.328. The van der Waals surface area contributed by atoms with Gasteiger partial charge in [0.25, 0.3) is 0 Å². The molecule has 2 aromatic rings. The third-order valence-corrected chi connectivity index (χ3v) is 8.24. The van der Waals surface area contributed by atoms with Gasteiger partial charge in [-0.15, -0.1) is 22.5 Å². The number of rotatable bonds is 9. The van der Waals surface area contributed by atoms with Crippen molar-refractivity contribution in [1.29, 1.82) is 0 Å². The summed E-state index contributed by atoms with van der Waals surface area (Å²) in [7, 11) is -3.38. The number of thioether (sulfide) groups is 1. The number of anilines is 2. The standard InChI is InChI=1S/C24H32N2O5S2/c1-4-6-13-24(5-2)17-26(18-10-8-7-9-11-18)19-15-21(32-3)20(31-14-12-23(27)28)16-22(19)33(29,30)25-24/h7-12,14-16,25,29-30H,4-6,13,17H2,1-3H3,(H,27,28)/b14-12+. The summed E-state index contributed by atoms with van der Waals surface area (Å²) in [5.41, 5.74) is 1.14. The maximum atomic E-state index is 11.4. The summed E-state index contributed by atoms with van der Waals surface area (Å²) in [5.74, 6) is -0.758. The van der Waals surface area contributed by atoms with E-state index in [0.717, 1.165) is 48.6 Å². The zero-order chi connectivity index (χ0) is 24.1. The fourth-order valence-corrected chi connectivity index (χ4v) is 6.30. The summed E-state index contributed by atoms with van der Waals surface area (Å²) in [6.07, 6.45) is 7.37. The molecular formula is C24H32N2O5S2. The molecule has 1 atom stereocenters. The first-order valence-corrected chi connectivity index (χ1v) is 13.7. The number of carboxylic acids is 1. The maximum Gasteiger partial charge on any atom is 0.331 e. The summed E-state index contributed by atoms with van der Waals surface area (Å²) in [4.78, 5) is 14.1. The van der Waals surface area contributed by atoms with Gasteiger partial charge in [-0.05, 0) is 37.3 Å². The lowest BCUT2D eigenvalue weighted by atomic mass is 9.89. The second kappa shape index (κ2) is 10.8.